The van der Waals surface area contributed by atoms with Crippen LogP contribution in [0.5, 0.6) is 11.5 Å². The van der Waals surface area contributed by atoms with Crippen molar-refractivity contribution < 1.29 is 19.0 Å². The predicted octanol–water partition coefficient (Wildman–Crippen LogP) is 5.92. The van der Waals surface area contributed by atoms with E-state index in [9.17, 15) is 4.79 Å². The van der Waals surface area contributed by atoms with E-state index in [1.54, 1.807) is 14.2 Å². The van der Waals surface area contributed by atoms with Gasteiger partial charge in [0.2, 0.25) is 0 Å². The van der Waals surface area contributed by atoms with Crippen molar-refractivity contribution in [3.63, 3.8) is 0 Å². The van der Waals surface area contributed by atoms with Crippen molar-refractivity contribution in [3.8, 4) is 11.5 Å². The van der Waals surface area contributed by atoms with E-state index in [2.05, 4.69) is 35.6 Å². The Morgan fingerprint density at radius 3 is 2.04 bits per heavy atom. The van der Waals surface area contributed by atoms with Crippen LogP contribution in [-0.4, -0.2) is 20.2 Å². The highest BCUT2D eigenvalue weighted by Crippen LogP contribution is 2.49. The van der Waals surface area contributed by atoms with Crippen LogP contribution in [0.3, 0.4) is 0 Å². The fourth-order valence-corrected chi connectivity index (χ4v) is 4.64. The lowest BCUT2D eigenvalue weighted by Gasteiger charge is -2.33. The van der Waals surface area contributed by atoms with Gasteiger partial charge in [-0.1, -0.05) is 11.6 Å². The smallest absolute Gasteiger partial charge is 0.304 e. The van der Waals surface area contributed by atoms with Crippen molar-refractivity contribution in [1.29, 1.82) is 0 Å². The molecule has 0 saturated heterocycles. The molecule has 0 aliphatic carbocycles. The number of halogens is 1. The van der Waals surface area contributed by atoms with E-state index in [0.29, 0.717) is 6.42 Å². The third kappa shape index (κ3) is 4.93. The van der Waals surface area contributed by atoms with Crippen molar-refractivity contribution in [2.75, 3.05) is 14.2 Å². The highest BCUT2D eigenvalue weighted by atomic mass is 127. The van der Waals surface area contributed by atoms with Crippen molar-refractivity contribution in [2.24, 2.45) is 0 Å². The molecule has 0 fully saturated rings. The number of carbonyl (C=O) groups is 1. The van der Waals surface area contributed by atoms with E-state index in [0.717, 1.165) is 46.6 Å². The molecule has 0 radical (unpaired) electrons. The number of rotatable bonds is 8. The van der Waals surface area contributed by atoms with Crippen LogP contribution < -0.4 is 9.47 Å². The van der Waals surface area contributed by atoms with Gasteiger partial charge in [-0.05, 0) is 81.2 Å². The molecule has 0 aliphatic rings. The molecule has 0 aromatic heterocycles. The van der Waals surface area contributed by atoms with Gasteiger partial charge in [0, 0.05) is 18.9 Å². The second-order valence-electron chi connectivity index (χ2n) is 6.63. The molecule has 1 unspecified atom stereocenters. The van der Waals surface area contributed by atoms with Crippen LogP contribution in [0, 0.1) is 20.8 Å². The molecule has 0 aliphatic heterocycles. The molecule has 146 valence electrons. The van der Waals surface area contributed by atoms with Gasteiger partial charge in [0.15, 0.2) is 3.61 Å². The molecule has 1 atom stereocenters. The van der Waals surface area contributed by atoms with Crippen LogP contribution in [0.25, 0.3) is 0 Å². The maximum absolute atomic E-state index is 11.9. The largest absolute Gasteiger partial charge is 0.496 e. The number of esters is 1. The lowest BCUT2D eigenvalue weighted by atomic mass is 9.91. The second-order valence-corrected chi connectivity index (χ2v) is 8.37. The molecule has 1 aromatic carbocycles. The Morgan fingerprint density at radius 1 is 1.04 bits per heavy atom. The van der Waals surface area contributed by atoms with E-state index in [-0.39, 0.29) is 5.97 Å². The van der Waals surface area contributed by atoms with Crippen LogP contribution in [0.1, 0.15) is 62.3 Å². The van der Waals surface area contributed by atoms with Crippen LogP contribution >= 0.6 is 22.6 Å². The highest BCUT2D eigenvalue weighted by molar-refractivity contribution is 14.1. The fourth-order valence-electron chi connectivity index (χ4n) is 3.30. The van der Waals surface area contributed by atoms with Gasteiger partial charge in [-0.3, -0.25) is 4.79 Å². The summed E-state index contributed by atoms with van der Waals surface area (Å²) in [6.07, 6.45) is 4.68. The van der Waals surface area contributed by atoms with Gasteiger partial charge in [0.05, 0.1) is 19.8 Å². The van der Waals surface area contributed by atoms with Gasteiger partial charge in [-0.15, -0.1) is 0 Å². The first-order chi connectivity index (χ1) is 12.1. The van der Waals surface area contributed by atoms with Gasteiger partial charge in [-0.2, -0.15) is 0 Å². The van der Waals surface area contributed by atoms with Gasteiger partial charge in [0.25, 0.3) is 0 Å². The summed E-state index contributed by atoms with van der Waals surface area (Å²) in [4.78, 5) is 11.9. The number of benzene rings is 1. The molecule has 0 bridgehead atoms. The zero-order valence-corrected chi connectivity index (χ0v) is 19.4. The van der Waals surface area contributed by atoms with Gasteiger partial charge >= 0.3 is 5.97 Å². The fraction of sp³-hybridized carbons (Fsp3) is 0.571. The maximum Gasteiger partial charge on any atom is 0.304 e. The third-order valence-electron chi connectivity index (χ3n) is 4.84. The number of ether oxygens (including phenoxy) is 3. The van der Waals surface area contributed by atoms with E-state index in [1.807, 2.05) is 27.7 Å². The average molecular weight is 474 g/mol. The molecule has 0 N–H and O–H groups in total. The van der Waals surface area contributed by atoms with E-state index in [1.165, 1.54) is 12.5 Å². The number of alkyl halides is 1. The summed E-state index contributed by atoms with van der Waals surface area (Å²) in [7, 11) is 3.33. The normalized spacial score (nSPS) is 14.0. The minimum Gasteiger partial charge on any atom is -0.496 e. The summed E-state index contributed by atoms with van der Waals surface area (Å²) in [5.74, 6) is 1.27. The quantitative estimate of drug-likeness (QED) is 0.203. The van der Waals surface area contributed by atoms with Crippen molar-refractivity contribution in [1.82, 2.24) is 0 Å². The van der Waals surface area contributed by atoms with Gasteiger partial charge < -0.3 is 14.2 Å². The standard InChI is InChI=1S/C21H31IO4/c1-9-13(2)11-10-12-21(22,26-17(6)23)18-16(5)19(24-7)14(3)15(4)20(18)25-8/h9H,10-12H2,1-8H3. The number of methoxy groups -OCH3 is 2. The summed E-state index contributed by atoms with van der Waals surface area (Å²) in [5.41, 5.74) is 5.20. The molecule has 26 heavy (non-hydrogen) atoms. The molecule has 4 nitrogen and oxygen atoms in total. The molecular weight excluding hydrogens is 443 g/mol. The van der Waals surface area contributed by atoms with E-state index < -0.39 is 3.61 Å². The van der Waals surface area contributed by atoms with Crippen molar-refractivity contribution >= 4 is 28.6 Å². The molecular formula is C21H31IO4. The number of hydrogen-bond donors (Lipinski definition) is 0. The van der Waals surface area contributed by atoms with Crippen LogP contribution in [0.4, 0.5) is 0 Å². The van der Waals surface area contributed by atoms with Crippen LogP contribution in [0.2, 0.25) is 0 Å². The van der Waals surface area contributed by atoms with Crippen LogP contribution in [-0.2, 0) is 13.1 Å². The first kappa shape index (κ1) is 22.8. The minimum atomic E-state index is -0.807. The summed E-state index contributed by atoms with van der Waals surface area (Å²) in [5, 5.41) is 0. The summed E-state index contributed by atoms with van der Waals surface area (Å²) in [6, 6.07) is 0. The molecule has 5 heteroatoms. The zero-order chi connectivity index (χ0) is 20.1. The Bertz CT molecular complexity index is 694. The molecule has 0 heterocycles. The average Bonchev–Trinajstić information content (AvgIpc) is 2.57. The molecule has 1 aromatic rings. The lowest BCUT2D eigenvalue weighted by Crippen LogP contribution is -2.27. The number of carbonyl (C=O) groups excluding carboxylic acids is 1. The lowest BCUT2D eigenvalue weighted by molar-refractivity contribution is -0.148. The number of hydrogen-bond acceptors (Lipinski definition) is 4. The molecule has 1 rings (SSSR count). The summed E-state index contributed by atoms with van der Waals surface area (Å²) in [6.45, 7) is 11.6. The SMILES string of the molecule is CC=C(C)CCCC(I)(OC(C)=O)c1c(C)c(OC)c(C)c(C)c1OC. The van der Waals surface area contributed by atoms with Crippen molar-refractivity contribution in [2.45, 2.75) is 64.4 Å². The van der Waals surface area contributed by atoms with E-state index >= 15 is 0 Å². The molecule has 0 amide bonds. The molecule has 0 spiro atoms. The summed E-state index contributed by atoms with van der Waals surface area (Å²) < 4.78 is 16.4. The predicted molar refractivity (Wildman–Crippen MR) is 115 cm³/mol. The topological polar surface area (TPSA) is 44.8 Å². The third-order valence-corrected chi connectivity index (χ3v) is 6.13. The van der Waals surface area contributed by atoms with Crippen molar-refractivity contribution in [3.05, 3.63) is 33.9 Å². The highest BCUT2D eigenvalue weighted by Gasteiger charge is 2.39. The minimum absolute atomic E-state index is 0.305. The Morgan fingerprint density at radius 2 is 1.58 bits per heavy atom. The first-order valence-corrected chi connectivity index (χ1v) is 9.93. The number of allylic oxidation sites excluding steroid dienone is 2. The van der Waals surface area contributed by atoms with Crippen LogP contribution in [0.15, 0.2) is 11.6 Å². The Balaban J connectivity index is 3.54. The zero-order valence-electron chi connectivity index (χ0n) is 17.2. The Labute approximate surface area is 171 Å². The Hall–Kier alpha value is -1.24. The molecule has 0 saturated carbocycles. The monoisotopic (exact) mass is 474 g/mol. The van der Waals surface area contributed by atoms with E-state index in [4.69, 9.17) is 14.2 Å². The summed E-state index contributed by atoms with van der Waals surface area (Å²) >= 11 is 2.25. The second kappa shape index (κ2) is 9.62. The first-order valence-electron chi connectivity index (χ1n) is 8.85. The Kier molecular flexibility index (Phi) is 8.44. The van der Waals surface area contributed by atoms with Gasteiger partial charge in [-0.25, -0.2) is 0 Å². The maximum atomic E-state index is 11.9. The van der Waals surface area contributed by atoms with Gasteiger partial charge in [0.1, 0.15) is 11.5 Å².